The molecular formula is C11H15NO4. The number of hydrogen-bond donors (Lipinski definition) is 2. The molecule has 2 N–H and O–H groups in total. The van der Waals surface area contributed by atoms with Crippen LogP contribution in [0, 0.1) is 0 Å². The zero-order valence-corrected chi connectivity index (χ0v) is 8.94. The van der Waals surface area contributed by atoms with Gasteiger partial charge in [0.1, 0.15) is 6.61 Å². The van der Waals surface area contributed by atoms with E-state index in [0.29, 0.717) is 12.8 Å². The van der Waals surface area contributed by atoms with Crippen LogP contribution in [0.2, 0.25) is 0 Å². The molecular weight excluding hydrogens is 210 g/mol. The Morgan fingerprint density at radius 3 is 2.62 bits per heavy atom. The van der Waals surface area contributed by atoms with E-state index < -0.39 is 12.1 Å². The maximum atomic E-state index is 11.2. The summed E-state index contributed by atoms with van der Waals surface area (Å²) in [6.45, 7) is 0.245. The first kappa shape index (κ1) is 10.3. The van der Waals surface area contributed by atoms with E-state index in [0.717, 1.165) is 12.8 Å². The number of rotatable bonds is 0. The molecule has 3 aliphatic rings. The Kier molecular flexibility index (Phi) is 2.11. The second kappa shape index (κ2) is 3.29. The normalized spacial score (nSPS) is 46.8. The van der Waals surface area contributed by atoms with Gasteiger partial charge in [-0.15, -0.1) is 0 Å². The third-order valence-corrected chi connectivity index (χ3v) is 3.67. The first-order valence-corrected chi connectivity index (χ1v) is 5.63. The van der Waals surface area contributed by atoms with E-state index in [2.05, 4.69) is 5.32 Å². The van der Waals surface area contributed by atoms with Crippen molar-refractivity contribution in [2.45, 2.75) is 43.3 Å². The average molecular weight is 225 g/mol. The van der Waals surface area contributed by atoms with Crippen LogP contribution in [0.25, 0.3) is 0 Å². The summed E-state index contributed by atoms with van der Waals surface area (Å²) in [5.41, 5.74) is -0.206. The molecule has 5 heteroatoms. The molecule has 1 unspecified atom stereocenters. The van der Waals surface area contributed by atoms with Gasteiger partial charge in [0.25, 0.3) is 0 Å². The summed E-state index contributed by atoms with van der Waals surface area (Å²) in [6, 6.07) is 0. The summed E-state index contributed by atoms with van der Waals surface area (Å²) in [6.07, 6.45) is 5.71. The van der Waals surface area contributed by atoms with Crippen LogP contribution in [0.5, 0.6) is 0 Å². The fraction of sp³-hybridized carbons (Fsp3) is 0.727. The number of aliphatic hydroxyl groups is 1. The minimum atomic E-state index is -0.803. The standard InChI is InChI=1S/C11H15NO4/c13-8-1-2-10(12-8)3-5-11(6-4-10)15-7-9(14)16-11/h1-2,9,14H,3-7H2,(H,12,13). The maximum Gasteiger partial charge on any atom is 0.244 e. The monoisotopic (exact) mass is 225 g/mol. The molecule has 0 aromatic carbocycles. The van der Waals surface area contributed by atoms with Gasteiger partial charge in [0.15, 0.2) is 12.1 Å². The van der Waals surface area contributed by atoms with Gasteiger partial charge in [-0.05, 0) is 12.8 Å². The zero-order valence-electron chi connectivity index (χ0n) is 8.94. The smallest absolute Gasteiger partial charge is 0.244 e. The minimum absolute atomic E-state index is 0.0238. The Hall–Kier alpha value is -0.910. The van der Waals surface area contributed by atoms with E-state index in [4.69, 9.17) is 9.47 Å². The van der Waals surface area contributed by atoms with E-state index in [1.807, 2.05) is 6.08 Å². The Balaban J connectivity index is 1.68. The van der Waals surface area contributed by atoms with Crippen LogP contribution in [0.3, 0.4) is 0 Å². The quantitative estimate of drug-likeness (QED) is 0.611. The highest BCUT2D eigenvalue weighted by molar-refractivity contribution is 5.91. The molecule has 2 fully saturated rings. The van der Waals surface area contributed by atoms with E-state index in [-0.39, 0.29) is 18.1 Å². The first-order valence-electron chi connectivity index (χ1n) is 5.63. The highest BCUT2D eigenvalue weighted by Crippen LogP contribution is 2.42. The molecule has 0 aromatic rings. The molecule has 1 aliphatic carbocycles. The van der Waals surface area contributed by atoms with Crippen LogP contribution < -0.4 is 5.32 Å². The number of carbonyl (C=O) groups is 1. The van der Waals surface area contributed by atoms with Crippen molar-refractivity contribution in [3.05, 3.63) is 12.2 Å². The average Bonchev–Trinajstić information content (AvgIpc) is 2.79. The molecule has 3 rings (SSSR count). The molecule has 0 aromatic heterocycles. The van der Waals surface area contributed by atoms with Crippen molar-refractivity contribution < 1.29 is 19.4 Å². The fourth-order valence-corrected chi connectivity index (χ4v) is 2.73. The van der Waals surface area contributed by atoms with Gasteiger partial charge in [0.05, 0.1) is 5.54 Å². The Bertz CT molecular complexity index is 344. The van der Waals surface area contributed by atoms with Crippen molar-refractivity contribution in [1.29, 1.82) is 0 Å². The maximum absolute atomic E-state index is 11.2. The summed E-state index contributed by atoms with van der Waals surface area (Å²) < 4.78 is 10.9. The SMILES string of the molecule is O=C1C=CC2(CCC3(CC2)OCC(O)O3)N1. The van der Waals surface area contributed by atoms with Gasteiger partial charge >= 0.3 is 0 Å². The van der Waals surface area contributed by atoms with Gasteiger partial charge in [0.2, 0.25) is 5.91 Å². The minimum Gasteiger partial charge on any atom is -0.366 e. The third kappa shape index (κ3) is 1.55. The Labute approximate surface area is 93.4 Å². The highest BCUT2D eigenvalue weighted by Gasteiger charge is 2.49. The fourth-order valence-electron chi connectivity index (χ4n) is 2.73. The van der Waals surface area contributed by atoms with Crippen LogP contribution in [0.4, 0.5) is 0 Å². The van der Waals surface area contributed by atoms with Gasteiger partial charge in [-0.3, -0.25) is 4.79 Å². The van der Waals surface area contributed by atoms with Crippen molar-refractivity contribution in [3.8, 4) is 0 Å². The topological polar surface area (TPSA) is 67.8 Å². The van der Waals surface area contributed by atoms with Crippen molar-refractivity contribution in [2.24, 2.45) is 0 Å². The molecule has 1 atom stereocenters. The molecule has 1 saturated heterocycles. The van der Waals surface area contributed by atoms with Crippen LogP contribution in [0.15, 0.2) is 12.2 Å². The van der Waals surface area contributed by atoms with Crippen LogP contribution in [-0.4, -0.2) is 35.2 Å². The molecule has 5 nitrogen and oxygen atoms in total. The Morgan fingerprint density at radius 2 is 2.12 bits per heavy atom. The van der Waals surface area contributed by atoms with Crippen molar-refractivity contribution in [2.75, 3.05) is 6.61 Å². The first-order chi connectivity index (χ1) is 7.62. The van der Waals surface area contributed by atoms with Crippen LogP contribution in [-0.2, 0) is 14.3 Å². The van der Waals surface area contributed by atoms with Crippen LogP contribution >= 0.6 is 0 Å². The molecule has 0 radical (unpaired) electrons. The van der Waals surface area contributed by atoms with E-state index in [9.17, 15) is 9.90 Å². The molecule has 1 amide bonds. The zero-order chi connectivity index (χ0) is 11.2. The Morgan fingerprint density at radius 1 is 1.38 bits per heavy atom. The lowest BCUT2D eigenvalue weighted by molar-refractivity contribution is -0.218. The molecule has 0 bridgehead atoms. The predicted molar refractivity (Wildman–Crippen MR) is 54.3 cm³/mol. The molecule has 1 saturated carbocycles. The summed E-state index contributed by atoms with van der Waals surface area (Å²) in [7, 11) is 0. The third-order valence-electron chi connectivity index (χ3n) is 3.67. The van der Waals surface area contributed by atoms with E-state index in [1.54, 1.807) is 6.08 Å². The number of amides is 1. The van der Waals surface area contributed by atoms with Gasteiger partial charge in [-0.2, -0.15) is 0 Å². The lowest BCUT2D eigenvalue weighted by atomic mass is 9.79. The molecule has 2 spiro atoms. The van der Waals surface area contributed by atoms with Gasteiger partial charge < -0.3 is 19.9 Å². The second-order valence-electron chi connectivity index (χ2n) is 4.77. The van der Waals surface area contributed by atoms with Gasteiger partial charge in [-0.1, -0.05) is 6.08 Å². The molecule has 16 heavy (non-hydrogen) atoms. The molecule has 2 aliphatic heterocycles. The van der Waals surface area contributed by atoms with Crippen molar-refractivity contribution in [3.63, 3.8) is 0 Å². The number of ether oxygens (including phenoxy) is 2. The van der Waals surface area contributed by atoms with Gasteiger partial charge in [0, 0.05) is 18.9 Å². The summed E-state index contributed by atoms with van der Waals surface area (Å²) in [5.74, 6) is -0.643. The summed E-state index contributed by atoms with van der Waals surface area (Å²) in [5, 5.41) is 12.3. The van der Waals surface area contributed by atoms with Crippen LogP contribution in [0.1, 0.15) is 25.7 Å². The second-order valence-corrected chi connectivity index (χ2v) is 4.77. The van der Waals surface area contributed by atoms with Crippen molar-refractivity contribution >= 4 is 5.91 Å². The molecule has 2 heterocycles. The number of hydrogen-bond acceptors (Lipinski definition) is 4. The summed E-state index contributed by atoms with van der Waals surface area (Å²) in [4.78, 5) is 11.2. The molecule has 88 valence electrons. The number of nitrogens with one attached hydrogen (secondary N) is 1. The summed E-state index contributed by atoms with van der Waals surface area (Å²) >= 11 is 0. The van der Waals surface area contributed by atoms with E-state index >= 15 is 0 Å². The van der Waals surface area contributed by atoms with Crippen molar-refractivity contribution in [1.82, 2.24) is 5.32 Å². The largest absolute Gasteiger partial charge is 0.366 e. The predicted octanol–water partition coefficient (Wildman–Crippen LogP) is 0.0467. The number of aliphatic hydroxyl groups excluding tert-OH is 1. The van der Waals surface area contributed by atoms with Gasteiger partial charge in [-0.25, -0.2) is 0 Å². The lowest BCUT2D eigenvalue weighted by Gasteiger charge is -2.40. The van der Waals surface area contributed by atoms with E-state index in [1.165, 1.54) is 0 Å². The lowest BCUT2D eigenvalue weighted by Crippen LogP contribution is -2.50. The number of carbonyl (C=O) groups excluding carboxylic acids is 1. The highest BCUT2D eigenvalue weighted by atomic mass is 16.8.